The molecular formula is C19H31N3O5S. The number of sulfonamides is 1. The summed E-state index contributed by atoms with van der Waals surface area (Å²) in [4.78, 5) is 14.5. The van der Waals surface area contributed by atoms with Gasteiger partial charge in [-0.25, -0.2) is 8.42 Å². The minimum atomic E-state index is -3.51. The molecule has 2 rings (SSSR count). The van der Waals surface area contributed by atoms with Crippen molar-refractivity contribution in [1.82, 2.24) is 14.5 Å². The van der Waals surface area contributed by atoms with Gasteiger partial charge in [0.2, 0.25) is 10.0 Å². The van der Waals surface area contributed by atoms with Crippen molar-refractivity contribution in [1.29, 1.82) is 0 Å². The molecule has 0 saturated carbocycles. The number of benzene rings is 1. The molecule has 0 atom stereocenters. The summed E-state index contributed by atoms with van der Waals surface area (Å²) in [6.07, 6.45) is 0. The Morgan fingerprint density at radius 3 is 2.54 bits per heavy atom. The highest BCUT2D eigenvalue weighted by Crippen LogP contribution is 2.24. The van der Waals surface area contributed by atoms with Crippen LogP contribution in [0.2, 0.25) is 0 Å². The van der Waals surface area contributed by atoms with Gasteiger partial charge in [0.1, 0.15) is 5.75 Å². The van der Waals surface area contributed by atoms with Gasteiger partial charge in [-0.2, -0.15) is 4.31 Å². The first kappa shape index (κ1) is 22.6. The van der Waals surface area contributed by atoms with Crippen LogP contribution in [-0.2, 0) is 19.6 Å². The van der Waals surface area contributed by atoms with Crippen LogP contribution in [-0.4, -0.2) is 82.6 Å². The van der Waals surface area contributed by atoms with Gasteiger partial charge in [-0.1, -0.05) is 13.8 Å². The summed E-state index contributed by atoms with van der Waals surface area (Å²) in [5.74, 6) is 0.300. The molecule has 1 N–H and O–H groups in total. The third-order valence-corrected chi connectivity index (χ3v) is 6.75. The number of amides is 1. The SMILES string of the molecule is CCN(CC)S(=O)(=O)c1ccc(OCC(=O)NCCN2CCOCC2)c(C)c1. The summed E-state index contributed by atoms with van der Waals surface area (Å²) in [7, 11) is -3.51. The van der Waals surface area contributed by atoms with Gasteiger partial charge in [0.05, 0.1) is 18.1 Å². The van der Waals surface area contributed by atoms with Crippen molar-refractivity contribution in [2.24, 2.45) is 0 Å². The lowest BCUT2D eigenvalue weighted by atomic mass is 10.2. The van der Waals surface area contributed by atoms with Crippen LogP contribution in [0.4, 0.5) is 0 Å². The Balaban J connectivity index is 1.84. The molecule has 9 heteroatoms. The molecule has 0 aromatic heterocycles. The maximum atomic E-state index is 12.6. The second-order valence-corrected chi connectivity index (χ2v) is 8.55. The lowest BCUT2D eigenvalue weighted by Gasteiger charge is -2.26. The van der Waals surface area contributed by atoms with E-state index in [9.17, 15) is 13.2 Å². The molecule has 0 aliphatic carbocycles. The molecule has 0 bridgehead atoms. The van der Waals surface area contributed by atoms with Gasteiger partial charge in [0.25, 0.3) is 5.91 Å². The molecule has 1 aromatic rings. The van der Waals surface area contributed by atoms with Gasteiger partial charge in [-0.15, -0.1) is 0 Å². The summed E-state index contributed by atoms with van der Waals surface area (Å²) in [5, 5.41) is 2.84. The van der Waals surface area contributed by atoms with Crippen molar-refractivity contribution >= 4 is 15.9 Å². The van der Waals surface area contributed by atoms with Crippen LogP contribution in [0.1, 0.15) is 19.4 Å². The van der Waals surface area contributed by atoms with Gasteiger partial charge in [-0.05, 0) is 30.7 Å². The first-order chi connectivity index (χ1) is 13.4. The number of hydrogen-bond acceptors (Lipinski definition) is 6. The zero-order valence-electron chi connectivity index (χ0n) is 16.9. The third kappa shape index (κ3) is 6.16. The molecule has 1 aliphatic rings. The first-order valence-electron chi connectivity index (χ1n) is 9.68. The molecule has 1 amide bonds. The lowest BCUT2D eigenvalue weighted by molar-refractivity contribution is -0.123. The average molecular weight is 414 g/mol. The number of hydrogen-bond donors (Lipinski definition) is 1. The van der Waals surface area contributed by atoms with E-state index in [2.05, 4.69) is 10.2 Å². The van der Waals surface area contributed by atoms with E-state index in [-0.39, 0.29) is 17.4 Å². The molecule has 1 aliphatic heterocycles. The number of carbonyl (C=O) groups excluding carboxylic acids is 1. The quantitative estimate of drug-likeness (QED) is 0.612. The second-order valence-electron chi connectivity index (χ2n) is 6.61. The molecule has 1 heterocycles. The number of nitrogens with zero attached hydrogens (tertiary/aromatic N) is 2. The van der Waals surface area contributed by atoms with Crippen molar-refractivity contribution in [2.75, 3.05) is 59.1 Å². The summed E-state index contributed by atoms with van der Waals surface area (Å²) in [5.41, 5.74) is 0.675. The van der Waals surface area contributed by atoms with E-state index in [1.807, 2.05) is 13.8 Å². The van der Waals surface area contributed by atoms with Gasteiger partial charge in [-0.3, -0.25) is 9.69 Å². The summed E-state index contributed by atoms with van der Waals surface area (Å²) in [6.45, 7) is 10.7. The molecule has 1 saturated heterocycles. The number of aryl methyl sites for hydroxylation is 1. The van der Waals surface area contributed by atoms with Crippen molar-refractivity contribution < 1.29 is 22.7 Å². The van der Waals surface area contributed by atoms with Crippen molar-refractivity contribution in [2.45, 2.75) is 25.7 Å². The van der Waals surface area contributed by atoms with Crippen LogP contribution in [0, 0.1) is 6.92 Å². The average Bonchev–Trinajstić information content (AvgIpc) is 2.68. The van der Waals surface area contributed by atoms with Crippen LogP contribution in [0.5, 0.6) is 5.75 Å². The Labute approximate surface area is 167 Å². The predicted molar refractivity (Wildman–Crippen MR) is 107 cm³/mol. The maximum absolute atomic E-state index is 12.6. The molecule has 28 heavy (non-hydrogen) atoms. The van der Waals surface area contributed by atoms with Gasteiger partial charge in [0.15, 0.2) is 6.61 Å². The van der Waals surface area contributed by atoms with E-state index in [1.165, 1.54) is 10.4 Å². The number of carbonyl (C=O) groups is 1. The highest BCUT2D eigenvalue weighted by molar-refractivity contribution is 7.89. The monoisotopic (exact) mass is 413 g/mol. The second kappa shape index (κ2) is 10.8. The smallest absolute Gasteiger partial charge is 0.257 e. The Morgan fingerprint density at radius 2 is 1.93 bits per heavy atom. The molecule has 8 nitrogen and oxygen atoms in total. The zero-order chi connectivity index (χ0) is 20.6. The van der Waals surface area contributed by atoms with E-state index < -0.39 is 10.0 Å². The van der Waals surface area contributed by atoms with Crippen LogP contribution in [0.3, 0.4) is 0 Å². The number of rotatable bonds is 10. The molecule has 1 fully saturated rings. The van der Waals surface area contributed by atoms with Gasteiger partial charge < -0.3 is 14.8 Å². The molecule has 0 radical (unpaired) electrons. The van der Waals surface area contributed by atoms with E-state index in [0.717, 1.165) is 32.8 Å². The highest BCUT2D eigenvalue weighted by atomic mass is 32.2. The van der Waals surface area contributed by atoms with Crippen LogP contribution < -0.4 is 10.1 Å². The Bertz CT molecular complexity index is 744. The molecule has 158 valence electrons. The highest BCUT2D eigenvalue weighted by Gasteiger charge is 2.22. The predicted octanol–water partition coefficient (Wildman–Crippen LogP) is 0.853. The van der Waals surface area contributed by atoms with E-state index in [1.54, 1.807) is 19.1 Å². The molecule has 0 unspecified atom stereocenters. The Morgan fingerprint density at radius 1 is 1.25 bits per heavy atom. The Hall–Kier alpha value is -1.68. The third-order valence-electron chi connectivity index (χ3n) is 4.70. The van der Waals surface area contributed by atoms with E-state index >= 15 is 0 Å². The fourth-order valence-electron chi connectivity index (χ4n) is 3.03. The summed E-state index contributed by atoms with van der Waals surface area (Å²) >= 11 is 0. The maximum Gasteiger partial charge on any atom is 0.257 e. The van der Waals surface area contributed by atoms with Crippen molar-refractivity contribution in [3.63, 3.8) is 0 Å². The number of nitrogens with one attached hydrogen (secondary N) is 1. The van der Waals surface area contributed by atoms with Crippen LogP contribution in [0.15, 0.2) is 23.1 Å². The zero-order valence-corrected chi connectivity index (χ0v) is 17.8. The topological polar surface area (TPSA) is 88.2 Å². The standard InChI is InChI=1S/C19H31N3O5S/c1-4-22(5-2)28(24,25)17-6-7-18(16(3)14-17)27-15-19(23)20-8-9-21-10-12-26-13-11-21/h6-7,14H,4-5,8-13,15H2,1-3H3,(H,20,23). The normalized spacial score (nSPS) is 15.6. The van der Waals surface area contributed by atoms with Crippen LogP contribution in [0.25, 0.3) is 0 Å². The minimum absolute atomic E-state index is 0.105. The first-order valence-corrected chi connectivity index (χ1v) is 11.1. The molecule has 0 spiro atoms. The number of ether oxygens (including phenoxy) is 2. The summed E-state index contributed by atoms with van der Waals surface area (Å²) < 4.78 is 37.4. The fraction of sp³-hybridized carbons (Fsp3) is 0.632. The summed E-state index contributed by atoms with van der Waals surface area (Å²) in [6, 6.07) is 4.71. The largest absolute Gasteiger partial charge is 0.484 e. The van der Waals surface area contributed by atoms with E-state index in [4.69, 9.17) is 9.47 Å². The van der Waals surface area contributed by atoms with E-state index in [0.29, 0.717) is 30.9 Å². The van der Waals surface area contributed by atoms with Crippen molar-refractivity contribution in [3.05, 3.63) is 23.8 Å². The minimum Gasteiger partial charge on any atom is -0.484 e. The van der Waals surface area contributed by atoms with Crippen molar-refractivity contribution in [3.8, 4) is 5.75 Å². The van der Waals surface area contributed by atoms with Gasteiger partial charge >= 0.3 is 0 Å². The number of morpholine rings is 1. The van der Waals surface area contributed by atoms with Crippen LogP contribution >= 0.6 is 0 Å². The molecular weight excluding hydrogens is 382 g/mol. The molecule has 1 aromatic carbocycles. The fourth-order valence-corrected chi connectivity index (χ4v) is 4.57. The van der Waals surface area contributed by atoms with Gasteiger partial charge in [0, 0.05) is 39.3 Å². The lowest BCUT2D eigenvalue weighted by Crippen LogP contribution is -2.42. The Kier molecular flexibility index (Phi) is 8.68.